The third-order valence-corrected chi connectivity index (χ3v) is 2.19. The Balaban J connectivity index is 2.82. The Morgan fingerprint density at radius 3 is 2.82 bits per heavy atom. The molecule has 6 nitrogen and oxygen atoms in total. The second-order valence-electron chi connectivity index (χ2n) is 3.41. The van der Waals surface area contributed by atoms with Gasteiger partial charge in [-0.25, -0.2) is 4.79 Å². The zero-order valence-corrected chi connectivity index (χ0v) is 9.33. The first-order valence-electron chi connectivity index (χ1n) is 5.12. The predicted octanol–water partition coefficient (Wildman–Crippen LogP) is 1.63. The molecule has 92 valence electrons. The van der Waals surface area contributed by atoms with Crippen LogP contribution in [0.3, 0.4) is 0 Å². The van der Waals surface area contributed by atoms with E-state index in [-0.39, 0.29) is 18.7 Å². The number of benzene rings is 1. The number of rotatable bonds is 6. The minimum absolute atomic E-state index is 0.0527. The number of carbonyl (C=O) groups is 1. The summed E-state index contributed by atoms with van der Waals surface area (Å²) < 4.78 is 5.04. The maximum absolute atomic E-state index is 10.9. The maximum Gasteiger partial charge on any atom is 0.333 e. The van der Waals surface area contributed by atoms with Crippen molar-refractivity contribution in [3.8, 4) is 0 Å². The molecule has 17 heavy (non-hydrogen) atoms. The van der Waals surface area contributed by atoms with Gasteiger partial charge in [-0.3, -0.25) is 10.1 Å². The zero-order chi connectivity index (χ0) is 12.8. The summed E-state index contributed by atoms with van der Waals surface area (Å²) in [6.45, 7) is 1.98. The number of hydrogen-bond acceptors (Lipinski definition) is 4. The monoisotopic (exact) mass is 239 g/mol. The number of nitrogens with zero attached hydrogens (tertiary/aromatic N) is 1. The predicted molar refractivity (Wildman–Crippen MR) is 59.9 cm³/mol. The van der Waals surface area contributed by atoms with Crippen LogP contribution in [0.5, 0.6) is 0 Å². The van der Waals surface area contributed by atoms with Gasteiger partial charge in [0.2, 0.25) is 0 Å². The van der Waals surface area contributed by atoms with Crippen LogP contribution in [-0.4, -0.2) is 28.7 Å². The van der Waals surface area contributed by atoms with Crippen LogP contribution in [-0.2, 0) is 16.0 Å². The number of nitro groups is 1. The number of carboxylic acid groups (broad SMARTS) is 1. The summed E-state index contributed by atoms with van der Waals surface area (Å²) in [6.07, 6.45) is -0.854. The van der Waals surface area contributed by atoms with E-state index in [0.717, 1.165) is 0 Å². The highest BCUT2D eigenvalue weighted by Gasteiger charge is 2.18. The van der Waals surface area contributed by atoms with Crippen molar-refractivity contribution >= 4 is 11.7 Å². The van der Waals surface area contributed by atoms with Crippen LogP contribution in [0.25, 0.3) is 0 Å². The molecule has 6 heteroatoms. The SMILES string of the molecule is CCO[C@@H](Cc1cccc([N+](=O)[O-])c1)C(=O)O. The summed E-state index contributed by atoms with van der Waals surface area (Å²) in [7, 11) is 0. The lowest BCUT2D eigenvalue weighted by Crippen LogP contribution is -2.26. The van der Waals surface area contributed by atoms with Crippen molar-refractivity contribution in [1.29, 1.82) is 0 Å². The number of carboxylic acids is 1. The van der Waals surface area contributed by atoms with Crippen LogP contribution in [0.1, 0.15) is 12.5 Å². The van der Waals surface area contributed by atoms with Crippen LogP contribution in [0, 0.1) is 10.1 Å². The van der Waals surface area contributed by atoms with E-state index in [1.807, 2.05) is 0 Å². The van der Waals surface area contributed by atoms with Gasteiger partial charge in [0.15, 0.2) is 6.10 Å². The highest BCUT2D eigenvalue weighted by atomic mass is 16.6. The Labute approximate surface area is 98.0 Å². The average Bonchev–Trinajstić information content (AvgIpc) is 2.28. The molecule has 0 radical (unpaired) electrons. The lowest BCUT2D eigenvalue weighted by atomic mass is 10.1. The normalized spacial score (nSPS) is 12.1. The van der Waals surface area contributed by atoms with E-state index in [2.05, 4.69) is 0 Å². The zero-order valence-electron chi connectivity index (χ0n) is 9.33. The molecule has 1 rings (SSSR count). The van der Waals surface area contributed by atoms with Crippen LogP contribution in [0.15, 0.2) is 24.3 Å². The molecule has 0 saturated carbocycles. The topological polar surface area (TPSA) is 89.7 Å². The minimum Gasteiger partial charge on any atom is -0.479 e. The van der Waals surface area contributed by atoms with Gasteiger partial charge in [-0.2, -0.15) is 0 Å². The molecule has 0 aliphatic heterocycles. The second kappa shape index (κ2) is 5.95. The van der Waals surface area contributed by atoms with E-state index >= 15 is 0 Å². The third-order valence-electron chi connectivity index (χ3n) is 2.19. The smallest absolute Gasteiger partial charge is 0.333 e. The second-order valence-corrected chi connectivity index (χ2v) is 3.41. The Hall–Kier alpha value is -1.95. The van der Waals surface area contributed by atoms with Gasteiger partial charge < -0.3 is 9.84 Å². The molecule has 1 aromatic carbocycles. The average molecular weight is 239 g/mol. The minimum atomic E-state index is -1.07. The van der Waals surface area contributed by atoms with E-state index in [4.69, 9.17) is 9.84 Å². The van der Waals surface area contributed by atoms with Gasteiger partial charge >= 0.3 is 5.97 Å². The summed E-state index contributed by atoms with van der Waals surface area (Å²) in [4.78, 5) is 20.9. The quantitative estimate of drug-likeness (QED) is 0.601. The van der Waals surface area contributed by atoms with Crippen molar-refractivity contribution in [2.45, 2.75) is 19.4 Å². The van der Waals surface area contributed by atoms with E-state index in [1.165, 1.54) is 18.2 Å². The van der Waals surface area contributed by atoms with Crippen LogP contribution in [0.4, 0.5) is 5.69 Å². The van der Waals surface area contributed by atoms with Gasteiger partial charge in [0.1, 0.15) is 0 Å². The summed E-state index contributed by atoms with van der Waals surface area (Å²) in [5.74, 6) is -1.07. The van der Waals surface area contributed by atoms with Crippen LogP contribution in [0.2, 0.25) is 0 Å². The number of nitro benzene ring substituents is 1. The molecule has 0 fully saturated rings. The fraction of sp³-hybridized carbons (Fsp3) is 0.364. The summed E-state index contributed by atoms with van der Waals surface area (Å²) in [6, 6.07) is 5.88. The van der Waals surface area contributed by atoms with Crippen LogP contribution < -0.4 is 0 Å². The summed E-state index contributed by atoms with van der Waals surface area (Å²) in [5, 5.41) is 19.4. The molecule has 0 bridgehead atoms. The Kier molecular flexibility index (Phi) is 4.59. The fourth-order valence-corrected chi connectivity index (χ4v) is 1.43. The molecule has 0 spiro atoms. The molecule has 0 unspecified atom stereocenters. The molecule has 0 heterocycles. The first kappa shape index (κ1) is 13.1. The van der Waals surface area contributed by atoms with Crippen molar-refractivity contribution in [3.63, 3.8) is 0 Å². The van der Waals surface area contributed by atoms with E-state index in [1.54, 1.807) is 13.0 Å². The van der Waals surface area contributed by atoms with E-state index in [0.29, 0.717) is 5.56 Å². The molecular weight excluding hydrogens is 226 g/mol. The van der Waals surface area contributed by atoms with Crippen molar-refractivity contribution < 1.29 is 19.6 Å². The largest absolute Gasteiger partial charge is 0.479 e. The van der Waals surface area contributed by atoms with Gasteiger partial charge in [0.05, 0.1) is 4.92 Å². The van der Waals surface area contributed by atoms with Crippen molar-refractivity contribution in [1.82, 2.24) is 0 Å². The summed E-state index contributed by atoms with van der Waals surface area (Å²) in [5.41, 5.74) is 0.517. The van der Waals surface area contributed by atoms with Gasteiger partial charge in [-0.05, 0) is 12.5 Å². The molecule has 0 aliphatic carbocycles. The molecule has 0 amide bonds. The van der Waals surface area contributed by atoms with E-state index in [9.17, 15) is 14.9 Å². The number of aliphatic carboxylic acids is 1. The van der Waals surface area contributed by atoms with Gasteiger partial charge in [0.25, 0.3) is 5.69 Å². The molecular formula is C11H13NO5. The lowest BCUT2D eigenvalue weighted by Gasteiger charge is -2.11. The van der Waals surface area contributed by atoms with Crippen molar-refractivity contribution in [3.05, 3.63) is 39.9 Å². The Morgan fingerprint density at radius 1 is 1.59 bits per heavy atom. The van der Waals surface area contributed by atoms with Gasteiger partial charge in [-0.15, -0.1) is 0 Å². The molecule has 1 atom stereocenters. The highest BCUT2D eigenvalue weighted by molar-refractivity contribution is 5.72. The number of hydrogen-bond donors (Lipinski definition) is 1. The first-order valence-corrected chi connectivity index (χ1v) is 5.12. The Morgan fingerprint density at radius 2 is 2.29 bits per heavy atom. The molecule has 0 aliphatic rings. The first-order chi connectivity index (χ1) is 8.04. The van der Waals surface area contributed by atoms with Crippen molar-refractivity contribution in [2.75, 3.05) is 6.61 Å². The molecule has 0 saturated heterocycles. The molecule has 1 N–H and O–H groups in total. The Bertz CT molecular complexity index is 418. The standard InChI is InChI=1S/C11H13NO5/c1-2-17-10(11(13)14)7-8-4-3-5-9(6-8)12(15)16/h3-6,10H,2,7H2,1H3,(H,13,14)/t10-/m0/s1. The third kappa shape index (κ3) is 3.84. The fourth-order valence-electron chi connectivity index (χ4n) is 1.43. The highest BCUT2D eigenvalue weighted by Crippen LogP contribution is 2.15. The van der Waals surface area contributed by atoms with Crippen LogP contribution >= 0.6 is 0 Å². The maximum atomic E-state index is 10.9. The van der Waals surface area contributed by atoms with E-state index < -0.39 is 17.0 Å². The molecule has 1 aromatic rings. The van der Waals surface area contributed by atoms with Gasteiger partial charge in [-0.1, -0.05) is 12.1 Å². The van der Waals surface area contributed by atoms with Crippen molar-refractivity contribution in [2.24, 2.45) is 0 Å². The number of non-ortho nitro benzene ring substituents is 1. The summed E-state index contributed by atoms with van der Waals surface area (Å²) >= 11 is 0. The molecule has 0 aromatic heterocycles. The lowest BCUT2D eigenvalue weighted by molar-refractivity contribution is -0.384. The number of ether oxygens (including phenoxy) is 1. The van der Waals surface area contributed by atoms with Gasteiger partial charge in [0, 0.05) is 25.2 Å².